The molecule has 1 aromatic rings. The van der Waals surface area contributed by atoms with E-state index >= 15 is 0 Å². The Hall–Kier alpha value is -1.13. The average molecular weight is 292 g/mol. The van der Waals surface area contributed by atoms with Crippen molar-refractivity contribution in [2.45, 2.75) is 51.6 Å². The van der Waals surface area contributed by atoms with Gasteiger partial charge >= 0.3 is 0 Å². The lowest BCUT2D eigenvalue weighted by molar-refractivity contribution is -0.0110. The predicted molar refractivity (Wildman–Crippen MR) is 84.1 cm³/mol. The maximum atomic E-state index is 10.8. The van der Waals surface area contributed by atoms with Gasteiger partial charge in [0.15, 0.2) is 0 Å². The van der Waals surface area contributed by atoms with Crippen molar-refractivity contribution in [3.8, 4) is 5.88 Å². The minimum Gasteiger partial charge on any atom is -0.481 e. The van der Waals surface area contributed by atoms with Gasteiger partial charge in [0, 0.05) is 24.2 Å². The van der Waals surface area contributed by atoms with Crippen LogP contribution in [0.5, 0.6) is 5.88 Å². The lowest BCUT2D eigenvalue weighted by Crippen LogP contribution is -2.40. The SMILES string of the molecule is CCCC1CCC(CN)(C(O)c2ccc(OC)nc2)CC1. The molecular weight excluding hydrogens is 264 g/mol. The summed E-state index contributed by atoms with van der Waals surface area (Å²) in [6, 6.07) is 3.69. The first-order valence-corrected chi connectivity index (χ1v) is 8.03. The quantitative estimate of drug-likeness (QED) is 0.845. The van der Waals surface area contributed by atoms with Gasteiger partial charge in [0.1, 0.15) is 0 Å². The molecule has 2 rings (SSSR count). The van der Waals surface area contributed by atoms with Crippen LogP contribution in [0.15, 0.2) is 18.3 Å². The Morgan fingerprint density at radius 1 is 1.43 bits per heavy atom. The second-order valence-corrected chi connectivity index (χ2v) is 6.33. The van der Waals surface area contributed by atoms with Gasteiger partial charge in [-0.25, -0.2) is 4.98 Å². The van der Waals surface area contributed by atoms with Crippen LogP contribution in [0, 0.1) is 11.3 Å². The van der Waals surface area contributed by atoms with Crippen LogP contribution in [0.1, 0.15) is 57.1 Å². The van der Waals surface area contributed by atoms with Crippen molar-refractivity contribution in [3.05, 3.63) is 23.9 Å². The molecule has 21 heavy (non-hydrogen) atoms. The molecule has 1 saturated carbocycles. The van der Waals surface area contributed by atoms with Gasteiger partial charge in [-0.05, 0) is 43.2 Å². The Balaban J connectivity index is 2.09. The van der Waals surface area contributed by atoms with E-state index in [4.69, 9.17) is 10.5 Å². The topological polar surface area (TPSA) is 68.4 Å². The largest absolute Gasteiger partial charge is 0.481 e. The number of methoxy groups -OCH3 is 1. The van der Waals surface area contributed by atoms with Crippen molar-refractivity contribution >= 4 is 0 Å². The fraction of sp³-hybridized carbons (Fsp3) is 0.706. The smallest absolute Gasteiger partial charge is 0.212 e. The van der Waals surface area contributed by atoms with Crippen molar-refractivity contribution in [2.75, 3.05) is 13.7 Å². The molecule has 0 radical (unpaired) electrons. The van der Waals surface area contributed by atoms with Crippen molar-refractivity contribution in [2.24, 2.45) is 17.1 Å². The maximum Gasteiger partial charge on any atom is 0.212 e. The average Bonchev–Trinajstić information content (AvgIpc) is 2.55. The molecule has 1 aliphatic rings. The first kappa shape index (κ1) is 16.2. The molecule has 4 nitrogen and oxygen atoms in total. The zero-order chi connectivity index (χ0) is 15.3. The highest BCUT2D eigenvalue weighted by Crippen LogP contribution is 2.47. The van der Waals surface area contributed by atoms with Crippen LogP contribution in [0.2, 0.25) is 0 Å². The van der Waals surface area contributed by atoms with E-state index in [2.05, 4.69) is 11.9 Å². The first-order valence-electron chi connectivity index (χ1n) is 8.03. The molecule has 1 aromatic heterocycles. The van der Waals surface area contributed by atoms with Crippen molar-refractivity contribution in [3.63, 3.8) is 0 Å². The van der Waals surface area contributed by atoms with E-state index in [1.54, 1.807) is 19.4 Å². The van der Waals surface area contributed by atoms with Gasteiger partial charge in [-0.2, -0.15) is 0 Å². The van der Waals surface area contributed by atoms with Crippen LogP contribution in [0.4, 0.5) is 0 Å². The summed E-state index contributed by atoms with van der Waals surface area (Å²) in [6.07, 6.45) is 8.05. The van der Waals surface area contributed by atoms with E-state index < -0.39 is 6.10 Å². The summed E-state index contributed by atoms with van der Waals surface area (Å²) in [7, 11) is 1.59. The van der Waals surface area contributed by atoms with E-state index in [0.29, 0.717) is 12.4 Å². The van der Waals surface area contributed by atoms with E-state index in [0.717, 1.165) is 24.3 Å². The van der Waals surface area contributed by atoms with E-state index in [1.165, 1.54) is 25.7 Å². The number of rotatable bonds is 6. The van der Waals surface area contributed by atoms with Gasteiger partial charge in [-0.15, -0.1) is 0 Å². The standard InChI is InChI=1S/C17H28N2O2/c1-3-4-13-7-9-17(12-18,10-8-13)16(20)14-5-6-15(21-2)19-11-14/h5-6,11,13,16,20H,3-4,7-10,12,18H2,1-2H3. The van der Waals surface area contributed by atoms with Gasteiger partial charge in [0.05, 0.1) is 13.2 Å². The number of aliphatic hydroxyl groups excluding tert-OH is 1. The highest BCUT2D eigenvalue weighted by atomic mass is 16.5. The maximum absolute atomic E-state index is 10.8. The summed E-state index contributed by atoms with van der Waals surface area (Å²) in [5, 5.41) is 10.8. The highest BCUT2D eigenvalue weighted by molar-refractivity contribution is 5.22. The molecular formula is C17H28N2O2. The second-order valence-electron chi connectivity index (χ2n) is 6.33. The Morgan fingerprint density at radius 3 is 2.62 bits per heavy atom. The van der Waals surface area contributed by atoms with Gasteiger partial charge in [-0.1, -0.05) is 19.8 Å². The van der Waals surface area contributed by atoms with Gasteiger partial charge in [-0.3, -0.25) is 0 Å². The number of aliphatic hydroxyl groups is 1. The number of pyridine rings is 1. The Morgan fingerprint density at radius 2 is 2.14 bits per heavy atom. The molecule has 0 amide bonds. The van der Waals surface area contributed by atoms with Crippen molar-refractivity contribution in [1.29, 1.82) is 0 Å². The molecule has 0 spiro atoms. The number of nitrogens with two attached hydrogens (primary N) is 1. The van der Waals surface area contributed by atoms with Crippen molar-refractivity contribution < 1.29 is 9.84 Å². The molecule has 4 heteroatoms. The van der Waals surface area contributed by atoms with E-state index in [-0.39, 0.29) is 5.41 Å². The number of hydrogen-bond acceptors (Lipinski definition) is 4. The van der Waals surface area contributed by atoms with Crippen LogP contribution in [-0.4, -0.2) is 23.7 Å². The van der Waals surface area contributed by atoms with Crippen LogP contribution in [0.3, 0.4) is 0 Å². The third kappa shape index (κ3) is 3.55. The molecule has 1 atom stereocenters. The second kappa shape index (κ2) is 7.23. The van der Waals surface area contributed by atoms with Crippen LogP contribution >= 0.6 is 0 Å². The summed E-state index contributed by atoms with van der Waals surface area (Å²) in [4.78, 5) is 4.20. The summed E-state index contributed by atoms with van der Waals surface area (Å²) < 4.78 is 5.07. The van der Waals surface area contributed by atoms with Crippen LogP contribution < -0.4 is 10.5 Å². The van der Waals surface area contributed by atoms with Crippen molar-refractivity contribution in [1.82, 2.24) is 4.98 Å². The summed E-state index contributed by atoms with van der Waals surface area (Å²) in [6.45, 7) is 2.77. The van der Waals surface area contributed by atoms with Gasteiger partial charge in [0.2, 0.25) is 5.88 Å². The lowest BCUT2D eigenvalue weighted by Gasteiger charge is -2.43. The zero-order valence-corrected chi connectivity index (χ0v) is 13.2. The fourth-order valence-electron chi connectivity index (χ4n) is 3.57. The molecule has 0 bridgehead atoms. The first-order chi connectivity index (χ1) is 10.1. The zero-order valence-electron chi connectivity index (χ0n) is 13.2. The van der Waals surface area contributed by atoms with Gasteiger partial charge in [0.25, 0.3) is 0 Å². The Labute approximate surface area is 127 Å². The molecule has 1 unspecified atom stereocenters. The predicted octanol–water partition coefficient (Wildman–Crippen LogP) is 3.06. The van der Waals surface area contributed by atoms with Gasteiger partial charge < -0.3 is 15.6 Å². The number of ether oxygens (including phenoxy) is 1. The molecule has 1 heterocycles. The summed E-state index contributed by atoms with van der Waals surface area (Å²) in [5.41, 5.74) is 6.70. The third-order valence-electron chi connectivity index (χ3n) is 5.07. The number of hydrogen-bond donors (Lipinski definition) is 2. The molecule has 3 N–H and O–H groups in total. The van der Waals surface area contributed by atoms with E-state index in [1.807, 2.05) is 6.07 Å². The normalized spacial score (nSPS) is 27.3. The Kier molecular flexibility index (Phi) is 5.59. The summed E-state index contributed by atoms with van der Waals surface area (Å²) >= 11 is 0. The summed E-state index contributed by atoms with van der Waals surface area (Å²) in [5.74, 6) is 1.37. The molecule has 0 saturated heterocycles. The van der Waals surface area contributed by atoms with Crippen LogP contribution in [-0.2, 0) is 0 Å². The minimum absolute atomic E-state index is 0.194. The molecule has 1 aliphatic carbocycles. The van der Waals surface area contributed by atoms with Crippen LogP contribution in [0.25, 0.3) is 0 Å². The molecule has 1 fully saturated rings. The molecule has 0 aliphatic heterocycles. The molecule has 0 aromatic carbocycles. The third-order valence-corrected chi connectivity index (χ3v) is 5.07. The lowest BCUT2D eigenvalue weighted by atomic mass is 9.65. The molecule has 118 valence electrons. The fourth-order valence-corrected chi connectivity index (χ4v) is 3.57. The number of aromatic nitrogens is 1. The monoisotopic (exact) mass is 292 g/mol. The Bertz CT molecular complexity index is 425. The highest BCUT2D eigenvalue weighted by Gasteiger charge is 2.40. The number of nitrogens with zero attached hydrogens (tertiary/aromatic N) is 1. The minimum atomic E-state index is -0.538. The van der Waals surface area contributed by atoms with E-state index in [9.17, 15) is 5.11 Å².